The highest BCUT2D eigenvalue weighted by Gasteiger charge is 2.23. The van der Waals surface area contributed by atoms with Crippen LogP contribution < -0.4 is 10.1 Å². The predicted molar refractivity (Wildman–Crippen MR) is 105 cm³/mol. The molecule has 8 heteroatoms. The average molecular weight is 441 g/mol. The van der Waals surface area contributed by atoms with Crippen LogP contribution >= 0.6 is 15.9 Å². The molecule has 2 rings (SSSR count). The van der Waals surface area contributed by atoms with Crippen molar-refractivity contribution in [3.8, 4) is 5.75 Å². The van der Waals surface area contributed by atoms with E-state index in [1.54, 1.807) is 38.1 Å². The third-order valence-corrected chi connectivity index (χ3v) is 6.62. The molecule has 0 bridgehead atoms. The third kappa shape index (κ3) is 4.25. The molecule has 140 valence electrons. The lowest BCUT2D eigenvalue weighted by molar-refractivity contribution is 0.102. The highest BCUT2D eigenvalue weighted by Crippen LogP contribution is 2.30. The summed E-state index contributed by atoms with van der Waals surface area (Å²) < 4.78 is 32.7. The lowest BCUT2D eigenvalue weighted by Gasteiger charge is -2.19. The number of carbonyl (C=O) groups is 1. The van der Waals surface area contributed by atoms with Crippen molar-refractivity contribution < 1.29 is 17.9 Å². The number of ether oxygens (including phenoxy) is 1. The van der Waals surface area contributed by atoms with Crippen LogP contribution in [0.3, 0.4) is 0 Å². The fraction of sp³-hybridized carbons (Fsp3) is 0.278. The van der Waals surface area contributed by atoms with Crippen molar-refractivity contribution in [2.24, 2.45) is 0 Å². The van der Waals surface area contributed by atoms with E-state index in [1.807, 2.05) is 0 Å². The Bertz CT molecular complexity index is 896. The van der Waals surface area contributed by atoms with Crippen molar-refractivity contribution in [2.75, 3.05) is 25.5 Å². The first kappa shape index (κ1) is 20.4. The van der Waals surface area contributed by atoms with Crippen LogP contribution in [-0.4, -0.2) is 38.8 Å². The summed E-state index contributed by atoms with van der Waals surface area (Å²) in [7, 11) is -2.18. The van der Waals surface area contributed by atoms with Gasteiger partial charge in [0.1, 0.15) is 5.75 Å². The second-order valence-electron chi connectivity index (χ2n) is 5.39. The van der Waals surface area contributed by atoms with Gasteiger partial charge in [-0.05, 0) is 46.3 Å². The Hall–Kier alpha value is -1.90. The first-order valence-electron chi connectivity index (χ1n) is 8.09. The van der Waals surface area contributed by atoms with Crippen molar-refractivity contribution in [1.82, 2.24) is 4.31 Å². The summed E-state index contributed by atoms with van der Waals surface area (Å²) in [5.74, 6) is 0.0112. The molecule has 26 heavy (non-hydrogen) atoms. The number of nitrogens with one attached hydrogen (secondary N) is 1. The molecule has 0 saturated carbocycles. The zero-order valence-corrected chi connectivity index (χ0v) is 17.2. The molecule has 0 radical (unpaired) electrons. The van der Waals surface area contributed by atoms with Crippen molar-refractivity contribution in [3.63, 3.8) is 0 Å². The highest BCUT2D eigenvalue weighted by molar-refractivity contribution is 9.10. The maximum atomic E-state index is 12.7. The highest BCUT2D eigenvalue weighted by atomic mass is 79.9. The number of amides is 1. The summed E-state index contributed by atoms with van der Waals surface area (Å²) in [5.41, 5.74) is 0.730. The number of benzene rings is 2. The van der Waals surface area contributed by atoms with Crippen LogP contribution in [-0.2, 0) is 10.0 Å². The fourth-order valence-electron chi connectivity index (χ4n) is 2.49. The van der Waals surface area contributed by atoms with Gasteiger partial charge >= 0.3 is 0 Å². The maximum absolute atomic E-state index is 12.7. The Morgan fingerprint density at radius 3 is 2.38 bits per heavy atom. The Morgan fingerprint density at radius 2 is 1.81 bits per heavy atom. The van der Waals surface area contributed by atoms with Crippen LogP contribution in [0.15, 0.2) is 51.8 Å². The number of methoxy groups -OCH3 is 1. The average Bonchev–Trinajstić information content (AvgIpc) is 2.62. The molecule has 0 aromatic heterocycles. The SMILES string of the molecule is CCN(CC)S(=O)(=O)c1ccc(OC)c(NC(=O)c2ccccc2Br)c1. The van der Waals surface area contributed by atoms with Crippen LogP contribution in [0.1, 0.15) is 24.2 Å². The molecule has 0 spiro atoms. The van der Waals surface area contributed by atoms with E-state index in [2.05, 4.69) is 21.2 Å². The number of hydrogen-bond donors (Lipinski definition) is 1. The van der Waals surface area contributed by atoms with Gasteiger partial charge < -0.3 is 10.1 Å². The molecule has 6 nitrogen and oxygen atoms in total. The fourth-order valence-corrected chi connectivity index (χ4v) is 4.44. The van der Waals surface area contributed by atoms with Crippen LogP contribution in [0, 0.1) is 0 Å². The van der Waals surface area contributed by atoms with Crippen molar-refractivity contribution in [1.29, 1.82) is 0 Å². The van der Waals surface area contributed by atoms with E-state index in [1.165, 1.54) is 29.6 Å². The lowest BCUT2D eigenvalue weighted by Crippen LogP contribution is -2.30. The number of carbonyl (C=O) groups excluding carboxylic acids is 1. The summed E-state index contributed by atoms with van der Waals surface area (Å²) >= 11 is 3.34. The second kappa shape index (κ2) is 8.66. The van der Waals surface area contributed by atoms with Crippen molar-refractivity contribution in [2.45, 2.75) is 18.7 Å². The first-order valence-corrected chi connectivity index (χ1v) is 10.3. The molecule has 1 N–H and O–H groups in total. The number of halogens is 1. The molecular formula is C18H21BrN2O4S. The van der Waals surface area contributed by atoms with E-state index >= 15 is 0 Å². The topological polar surface area (TPSA) is 75.7 Å². The molecule has 0 aliphatic carbocycles. The van der Waals surface area contributed by atoms with E-state index in [-0.39, 0.29) is 10.8 Å². The van der Waals surface area contributed by atoms with Crippen LogP contribution in [0.25, 0.3) is 0 Å². The van der Waals surface area contributed by atoms with Crippen LogP contribution in [0.5, 0.6) is 5.75 Å². The molecule has 0 fully saturated rings. The Kier molecular flexibility index (Phi) is 6.80. The zero-order chi connectivity index (χ0) is 19.3. The second-order valence-corrected chi connectivity index (χ2v) is 8.18. The lowest BCUT2D eigenvalue weighted by atomic mass is 10.2. The molecule has 0 unspecified atom stereocenters. The molecule has 0 heterocycles. The third-order valence-electron chi connectivity index (χ3n) is 3.88. The van der Waals surface area contributed by atoms with Gasteiger partial charge in [0.05, 0.1) is 23.3 Å². The van der Waals surface area contributed by atoms with E-state index in [0.717, 1.165) is 0 Å². The molecule has 2 aromatic rings. The number of hydrogen-bond acceptors (Lipinski definition) is 4. The number of anilines is 1. The van der Waals surface area contributed by atoms with E-state index in [0.29, 0.717) is 34.6 Å². The van der Waals surface area contributed by atoms with Gasteiger partial charge in [-0.25, -0.2) is 8.42 Å². The summed E-state index contributed by atoms with van der Waals surface area (Å²) in [6, 6.07) is 11.4. The predicted octanol–water partition coefficient (Wildman–Crippen LogP) is 3.74. The van der Waals surface area contributed by atoms with Crippen molar-refractivity contribution >= 4 is 37.5 Å². The van der Waals surface area contributed by atoms with Gasteiger partial charge in [-0.1, -0.05) is 26.0 Å². The van der Waals surface area contributed by atoms with Gasteiger partial charge in [0.2, 0.25) is 10.0 Å². The summed E-state index contributed by atoms with van der Waals surface area (Å²) in [6.07, 6.45) is 0. The molecule has 0 atom stereocenters. The molecular weight excluding hydrogens is 420 g/mol. The summed E-state index contributed by atoms with van der Waals surface area (Å²) in [6.45, 7) is 4.29. The molecule has 0 saturated heterocycles. The van der Waals surface area contributed by atoms with Gasteiger partial charge in [0.25, 0.3) is 5.91 Å². The Labute approximate surface area is 162 Å². The quantitative estimate of drug-likeness (QED) is 0.711. The number of sulfonamides is 1. The normalized spacial score (nSPS) is 11.4. The molecule has 1 amide bonds. The van der Waals surface area contributed by atoms with E-state index in [4.69, 9.17) is 4.74 Å². The van der Waals surface area contributed by atoms with Crippen LogP contribution in [0.4, 0.5) is 5.69 Å². The van der Waals surface area contributed by atoms with Crippen molar-refractivity contribution in [3.05, 3.63) is 52.5 Å². The minimum absolute atomic E-state index is 0.101. The van der Waals surface area contributed by atoms with E-state index < -0.39 is 10.0 Å². The smallest absolute Gasteiger partial charge is 0.256 e. The van der Waals surface area contributed by atoms with Gasteiger partial charge in [0, 0.05) is 17.6 Å². The van der Waals surface area contributed by atoms with Gasteiger partial charge in [0.15, 0.2) is 0 Å². The minimum atomic E-state index is -3.64. The van der Waals surface area contributed by atoms with Gasteiger partial charge in [-0.2, -0.15) is 4.31 Å². The number of rotatable bonds is 7. The Balaban J connectivity index is 2.42. The monoisotopic (exact) mass is 440 g/mol. The summed E-state index contributed by atoms with van der Waals surface area (Å²) in [5, 5.41) is 2.73. The van der Waals surface area contributed by atoms with Gasteiger partial charge in [-0.3, -0.25) is 4.79 Å². The molecule has 2 aromatic carbocycles. The Morgan fingerprint density at radius 1 is 1.15 bits per heavy atom. The standard InChI is InChI=1S/C18H21BrN2O4S/c1-4-21(5-2)26(23,24)13-10-11-17(25-3)16(12-13)20-18(22)14-8-6-7-9-15(14)19/h6-12H,4-5H2,1-3H3,(H,20,22). The molecule has 0 aliphatic heterocycles. The summed E-state index contributed by atoms with van der Waals surface area (Å²) in [4.78, 5) is 12.7. The zero-order valence-electron chi connectivity index (χ0n) is 14.8. The maximum Gasteiger partial charge on any atom is 0.256 e. The first-order chi connectivity index (χ1) is 12.3. The van der Waals surface area contributed by atoms with Gasteiger partial charge in [-0.15, -0.1) is 0 Å². The van der Waals surface area contributed by atoms with E-state index in [9.17, 15) is 13.2 Å². The van der Waals surface area contributed by atoms with Crippen LogP contribution in [0.2, 0.25) is 0 Å². The number of nitrogens with zero attached hydrogens (tertiary/aromatic N) is 1. The largest absolute Gasteiger partial charge is 0.495 e. The minimum Gasteiger partial charge on any atom is -0.495 e. The molecule has 0 aliphatic rings.